The summed E-state index contributed by atoms with van der Waals surface area (Å²) in [7, 11) is 4.92. The summed E-state index contributed by atoms with van der Waals surface area (Å²) in [5, 5.41) is 4.40. The summed E-state index contributed by atoms with van der Waals surface area (Å²) in [4.78, 5) is 7.26. The number of likely N-dealkylation sites (tertiary alicyclic amines) is 1. The van der Waals surface area contributed by atoms with Crippen LogP contribution in [-0.2, 0) is 13.1 Å². The third-order valence-electron chi connectivity index (χ3n) is 5.76. The summed E-state index contributed by atoms with van der Waals surface area (Å²) in [5.74, 6) is 3.62. The summed E-state index contributed by atoms with van der Waals surface area (Å²) in [6.45, 7) is 3.99. The Labute approximate surface area is 182 Å². The lowest BCUT2D eigenvalue weighted by atomic mass is 9.95. The maximum absolute atomic E-state index is 5.51. The van der Waals surface area contributed by atoms with Crippen LogP contribution in [0.25, 0.3) is 0 Å². The zero-order valence-electron chi connectivity index (χ0n) is 17.8. The van der Waals surface area contributed by atoms with E-state index in [1.807, 2.05) is 18.3 Å². The lowest BCUT2D eigenvalue weighted by Crippen LogP contribution is -2.33. The molecule has 0 bridgehead atoms. The first-order valence-electron chi connectivity index (χ1n) is 10.2. The second-order valence-electron chi connectivity index (χ2n) is 7.63. The lowest BCUT2D eigenvalue weighted by molar-refractivity contribution is 0.200. The van der Waals surface area contributed by atoms with Crippen LogP contribution in [-0.4, -0.2) is 48.9 Å². The second-order valence-corrected chi connectivity index (χ2v) is 8.41. The number of piperidine rings is 1. The van der Waals surface area contributed by atoms with Gasteiger partial charge in [-0.1, -0.05) is 0 Å². The van der Waals surface area contributed by atoms with E-state index in [0.29, 0.717) is 23.2 Å². The highest BCUT2D eigenvalue weighted by Gasteiger charge is 2.24. The number of methoxy groups -OCH3 is 3. The smallest absolute Gasteiger partial charge is 0.203 e. The predicted octanol–water partition coefficient (Wildman–Crippen LogP) is 4.40. The molecule has 1 aromatic carbocycles. The zero-order chi connectivity index (χ0) is 20.9. The van der Waals surface area contributed by atoms with Gasteiger partial charge in [0.2, 0.25) is 5.75 Å². The number of hydrogen-bond acceptors (Lipinski definition) is 6. The van der Waals surface area contributed by atoms with Crippen LogP contribution in [0.2, 0.25) is 0 Å². The van der Waals surface area contributed by atoms with Gasteiger partial charge in [0.15, 0.2) is 11.5 Å². The molecule has 0 spiro atoms. The largest absolute Gasteiger partial charge is 0.493 e. The van der Waals surface area contributed by atoms with Crippen LogP contribution in [0.3, 0.4) is 0 Å². The van der Waals surface area contributed by atoms with E-state index in [1.165, 1.54) is 11.4 Å². The number of benzene rings is 1. The monoisotopic (exact) mass is 427 g/mol. The van der Waals surface area contributed by atoms with Crippen molar-refractivity contribution in [3.63, 3.8) is 0 Å². The number of nitrogens with zero attached hydrogens (tertiary/aromatic N) is 3. The summed E-state index contributed by atoms with van der Waals surface area (Å²) in [5.41, 5.74) is 2.51. The van der Waals surface area contributed by atoms with Crippen LogP contribution < -0.4 is 14.2 Å². The molecular formula is C23H29N3O3S. The van der Waals surface area contributed by atoms with Gasteiger partial charge in [-0.3, -0.25) is 4.90 Å². The number of imidazole rings is 1. The van der Waals surface area contributed by atoms with Crippen LogP contribution in [0.1, 0.15) is 35.7 Å². The highest BCUT2D eigenvalue weighted by Crippen LogP contribution is 2.38. The van der Waals surface area contributed by atoms with Gasteiger partial charge in [0.05, 0.1) is 21.3 Å². The van der Waals surface area contributed by atoms with E-state index in [4.69, 9.17) is 19.2 Å². The van der Waals surface area contributed by atoms with Crippen molar-refractivity contribution in [3.05, 3.63) is 58.3 Å². The van der Waals surface area contributed by atoms with E-state index in [-0.39, 0.29) is 0 Å². The van der Waals surface area contributed by atoms with E-state index in [9.17, 15) is 0 Å². The Morgan fingerprint density at radius 2 is 1.73 bits per heavy atom. The molecule has 160 valence electrons. The normalized spacial score (nSPS) is 15.3. The Morgan fingerprint density at radius 3 is 2.33 bits per heavy atom. The molecule has 1 fully saturated rings. The molecule has 2 aromatic heterocycles. The molecule has 6 nitrogen and oxygen atoms in total. The molecule has 0 N–H and O–H groups in total. The van der Waals surface area contributed by atoms with E-state index in [2.05, 4.69) is 32.5 Å². The van der Waals surface area contributed by atoms with E-state index >= 15 is 0 Å². The van der Waals surface area contributed by atoms with Crippen molar-refractivity contribution in [1.29, 1.82) is 0 Å². The molecule has 30 heavy (non-hydrogen) atoms. The summed E-state index contributed by atoms with van der Waals surface area (Å²) in [6.07, 6.45) is 6.24. The molecule has 7 heteroatoms. The molecule has 0 aliphatic carbocycles. The Bertz CT molecular complexity index is 922. The molecule has 0 atom stereocenters. The van der Waals surface area contributed by atoms with Crippen LogP contribution in [0.15, 0.2) is 41.4 Å². The molecule has 3 heterocycles. The lowest BCUT2D eigenvalue weighted by Gasteiger charge is -2.31. The Balaban J connectivity index is 1.45. The number of aromatic nitrogens is 2. The zero-order valence-corrected chi connectivity index (χ0v) is 18.7. The second kappa shape index (κ2) is 9.53. The Kier molecular flexibility index (Phi) is 6.59. The summed E-state index contributed by atoms with van der Waals surface area (Å²) in [6, 6.07) is 6.24. The van der Waals surface area contributed by atoms with E-state index in [1.54, 1.807) is 32.7 Å². The molecular weight excluding hydrogens is 398 g/mol. The van der Waals surface area contributed by atoms with Crippen LogP contribution in [0.5, 0.6) is 17.2 Å². The Hall–Kier alpha value is -2.51. The standard InChI is InChI=1S/C23H29N3O3S/c1-27-20-12-18(13-21(28-2)22(20)29-3)15-26-10-7-24-23(26)19-4-8-25(9-5-19)14-17-6-11-30-16-17/h6-7,10-13,16,19H,4-5,8-9,14-15H2,1-3H3. The molecule has 0 radical (unpaired) electrons. The first-order chi connectivity index (χ1) is 14.7. The molecule has 0 unspecified atom stereocenters. The first kappa shape index (κ1) is 20.8. The fourth-order valence-electron chi connectivity index (χ4n) is 4.23. The van der Waals surface area contributed by atoms with Crippen LogP contribution in [0, 0.1) is 0 Å². The number of ether oxygens (including phenoxy) is 3. The van der Waals surface area contributed by atoms with Gasteiger partial charge in [-0.25, -0.2) is 4.98 Å². The number of thiophene rings is 1. The maximum Gasteiger partial charge on any atom is 0.203 e. The van der Waals surface area contributed by atoms with Crippen molar-refractivity contribution in [2.75, 3.05) is 34.4 Å². The van der Waals surface area contributed by atoms with Gasteiger partial charge >= 0.3 is 0 Å². The summed E-state index contributed by atoms with van der Waals surface area (Å²) >= 11 is 1.77. The number of hydrogen-bond donors (Lipinski definition) is 0. The van der Waals surface area contributed by atoms with Crippen molar-refractivity contribution in [2.24, 2.45) is 0 Å². The van der Waals surface area contributed by atoms with Gasteiger partial charge < -0.3 is 18.8 Å². The molecule has 0 saturated carbocycles. The van der Waals surface area contributed by atoms with E-state index < -0.39 is 0 Å². The molecule has 1 saturated heterocycles. The third kappa shape index (κ3) is 4.47. The maximum atomic E-state index is 5.51. The van der Waals surface area contributed by atoms with E-state index in [0.717, 1.165) is 44.6 Å². The molecule has 4 rings (SSSR count). The van der Waals surface area contributed by atoms with Crippen LogP contribution in [0.4, 0.5) is 0 Å². The average molecular weight is 428 g/mol. The van der Waals surface area contributed by atoms with Crippen molar-refractivity contribution in [1.82, 2.24) is 14.5 Å². The molecule has 3 aromatic rings. The topological polar surface area (TPSA) is 48.8 Å². The quantitative estimate of drug-likeness (QED) is 0.533. The van der Waals surface area contributed by atoms with Gasteiger partial charge in [-0.2, -0.15) is 11.3 Å². The fraction of sp³-hybridized carbons (Fsp3) is 0.435. The molecule has 0 amide bonds. The highest BCUT2D eigenvalue weighted by atomic mass is 32.1. The highest BCUT2D eigenvalue weighted by molar-refractivity contribution is 7.07. The van der Waals surface area contributed by atoms with Gasteiger partial charge in [0.1, 0.15) is 5.82 Å². The summed E-state index contributed by atoms with van der Waals surface area (Å²) < 4.78 is 18.7. The average Bonchev–Trinajstić information content (AvgIpc) is 3.46. The minimum atomic E-state index is 0.487. The van der Waals surface area contributed by atoms with Gasteiger partial charge in [0.25, 0.3) is 0 Å². The minimum absolute atomic E-state index is 0.487. The molecule has 1 aliphatic rings. The van der Waals surface area contributed by atoms with Gasteiger partial charge in [-0.05, 0) is 66.0 Å². The van der Waals surface area contributed by atoms with Crippen molar-refractivity contribution < 1.29 is 14.2 Å². The SMILES string of the molecule is COc1cc(Cn2ccnc2C2CCN(Cc3ccsc3)CC2)cc(OC)c1OC. The predicted molar refractivity (Wildman–Crippen MR) is 119 cm³/mol. The van der Waals surface area contributed by atoms with Gasteiger partial charge in [-0.15, -0.1) is 0 Å². The van der Waals surface area contributed by atoms with Gasteiger partial charge in [0, 0.05) is 31.4 Å². The van der Waals surface area contributed by atoms with Crippen molar-refractivity contribution in [2.45, 2.75) is 31.8 Å². The van der Waals surface area contributed by atoms with Crippen LogP contribution >= 0.6 is 11.3 Å². The van der Waals surface area contributed by atoms with Crippen molar-refractivity contribution in [3.8, 4) is 17.2 Å². The third-order valence-corrected chi connectivity index (χ3v) is 6.50. The minimum Gasteiger partial charge on any atom is -0.493 e. The Morgan fingerprint density at radius 1 is 1.00 bits per heavy atom. The number of rotatable bonds is 8. The van der Waals surface area contributed by atoms with Crippen molar-refractivity contribution >= 4 is 11.3 Å². The molecule has 1 aliphatic heterocycles. The fourth-order valence-corrected chi connectivity index (χ4v) is 4.89. The first-order valence-corrected chi connectivity index (χ1v) is 11.2.